The Morgan fingerprint density at radius 3 is 1.59 bits per heavy atom. The number of hydrogen-bond donors (Lipinski definition) is 2. The summed E-state index contributed by atoms with van der Waals surface area (Å²) >= 11 is 0. The number of aromatic carboxylic acids is 1. The monoisotopic (exact) mass is 379 g/mol. The topological polar surface area (TPSA) is 57.0 Å². The summed E-state index contributed by atoms with van der Waals surface area (Å²) in [7, 11) is 1.82. The highest BCUT2D eigenvalue weighted by atomic mass is 16.4. The van der Waals surface area contributed by atoms with Crippen LogP contribution in [0.4, 0.5) is 0 Å². The second-order valence-corrected chi connectivity index (χ2v) is 8.04. The molecule has 4 nitrogen and oxygen atoms in total. The number of unbranched alkanes of at least 4 members (excludes halogenated alkanes) is 15. The first-order valence-electron chi connectivity index (χ1n) is 11.5. The Kier molecular flexibility index (Phi) is 13.8. The number of nitrogens with zero attached hydrogens (tertiary/aromatic N) is 1. The van der Waals surface area contributed by atoms with Crippen LogP contribution in [0.3, 0.4) is 0 Å². The zero-order valence-corrected chi connectivity index (χ0v) is 17.9. The molecule has 1 aromatic heterocycles. The Hall–Kier alpha value is -1.32. The third kappa shape index (κ3) is 11.2. The Labute approximate surface area is 166 Å². The van der Waals surface area contributed by atoms with Gasteiger partial charge in [0.1, 0.15) is 6.20 Å². The fourth-order valence-electron chi connectivity index (χ4n) is 3.78. The average Bonchev–Trinajstić information content (AvgIpc) is 3.02. The van der Waals surface area contributed by atoms with Crippen molar-refractivity contribution < 1.29 is 14.5 Å². The third-order valence-corrected chi connectivity index (χ3v) is 5.63. The molecule has 0 bridgehead atoms. The van der Waals surface area contributed by atoms with E-state index in [4.69, 9.17) is 5.11 Å². The van der Waals surface area contributed by atoms with E-state index in [0.717, 1.165) is 18.7 Å². The van der Waals surface area contributed by atoms with Crippen molar-refractivity contribution in [2.24, 2.45) is 7.05 Å². The molecule has 2 N–H and O–H groups in total. The summed E-state index contributed by atoms with van der Waals surface area (Å²) in [5.41, 5.74) is 0.335. The number of H-pyrrole nitrogens is 1. The van der Waals surface area contributed by atoms with E-state index in [9.17, 15) is 4.79 Å². The number of carboxylic acids is 1. The highest BCUT2D eigenvalue weighted by Gasteiger charge is 2.19. The van der Waals surface area contributed by atoms with Crippen molar-refractivity contribution >= 4 is 5.97 Å². The van der Waals surface area contributed by atoms with Crippen molar-refractivity contribution in [3.63, 3.8) is 0 Å². The zero-order valence-electron chi connectivity index (χ0n) is 17.9. The number of imidazole rings is 1. The van der Waals surface area contributed by atoms with Gasteiger partial charge in [-0.3, -0.25) is 0 Å². The molecule has 0 aliphatic rings. The molecular formula is C23H43N2O2+. The second-order valence-electron chi connectivity index (χ2n) is 8.04. The molecule has 0 saturated heterocycles. The minimum absolute atomic E-state index is 0.335. The van der Waals surface area contributed by atoms with Crippen LogP contribution >= 0.6 is 0 Å². The van der Waals surface area contributed by atoms with Crippen molar-refractivity contribution in [2.45, 2.75) is 116 Å². The molecule has 0 spiro atoms. The van der Waals surface area contributed by atoms with Crippen LogP contribution in [-0.2, 0) is 13.5 Å². The minimum atomic E-state index is -0.869. The number of aromatic nitrogens is 2. The van der Waals surface area contributed by atoms with Crippen LogP contribution < -0.4 is 4.57 Å². The van der Waals surface area contributed by atoms with Crippen molar-refractivity contribution in [2.75, 3.05) is 0 Å². The Balaban J connectivity index is 1.84. The van der Waals surface area contributed by atoms with E-state index < -0.39 is 5.97 Å². The number of carbonyl (C=O) groups is 1. The van der Waals surface area contributed by atoms with Gasteiger partial charge in [0.2, 0.25) is 0 Å². The molecule has 1 heterocycles. The second kappa shape index (κ2) is 15.7. The molecule has 0 fully saturated rings. The predicted molar refractivity (Wildman–Crippen MR) is 112 cm³/mol. The molecule has 4 heteroatoms. The van der Waals surface area contributed by atoms with Crippen LogP contribution in [0.25, 0.3) is 0 Å². The number of rotatable bonds is 18. The first-order chi connectivity index (χ1) is 13.2. The fourth-order valence-corrected chi connectivity index (χ4v) is 3.78. The van der Waals surface area contributed by atoms with Gasteiger partial charge in [-0.2, -0.15) is 0 Å². The van der Waals surface area contributed by atoms with Gasteiger partial charge >= 0.3 is 5.97 Å². The molecule has 0 radical (unpaired) electrons. The Morgan fingerprint density at radius 2 is 1.22 bits per heavy atom. The number of hydrogen-bond acceptors (Lipinski definition) is 1. The van der Waals surface area contributed by atoms with Gasteiger partial charge in [0.25, 0.3) is 11.5 Å². The van der Waals surface area contributed by atoms with E-state index >= 15 is 0 Å². The maximum atomic E-state index is 11.0. The lowest BCUT2D eigenvalue weighted by molar-refractivity contribution is -0.680. The van der Waals surface area contributed by atoms with E-state index in [0.29, 0.717) is 5.69 Å². The molecule has 0 aromatic carbocycles. The highest BCUT2D eigenvalue weighted by molar-refractivity contribution is 5.83. The zero-order chi connectivity index (χ0) is 19.7. The summed E-state index contributed by atoms with van der Waals surface area (Å²) in [4.78, 5) is 14.1. The molecule has 0 amide bonds. The SMILES string of the molecule is CCCCCCCCCCCCCCCCCCc1[nH]cc(C(=O)O)[n+]1C. The number of carboxylic acid groups (broad SMARTS) is 1. The molecule has 0 atom stereocenters. The van der Waals surface area contributed by atoms with Gasteiger partial charge in [0, 0.05) is 6.42 Å². The summed E-state index contributed by atoms with van der Waals surface area (Å²) in [5, 5.41) is 9.05. The van der Waals surface area contributed by atoms with Crippen LogP contribution in [-0.4, -0.2) is 16.1 Å². The first-order valence-corrected chi connectivity index (χ1v) is 11.5. The number of aryl methyl sites for hydroxylation is 1. The molecule has 0 saturated carbocycles. The van der Waals surface area contributed by atoms with E-state index in [-0.39, 0.29) is 0 Å². The normalized spacial score (nSPS) is 11.2. The molecule has 1 aromatic rings. The summed E-state index contributed by atoms with van der Waals surface area (Å²) in [6.45, 7) is 2.28. The minimum Gasteiger partial charge on any atom is -0.475 e. The van der Waals surface area contributed by atoms with Crippen LogP contribution in [0.2, 0.25) is 0 Å². The Bertz CT molecular complexity index is 497. The third-order valence-electron chi connectivity index (χ3n) is 5.63. The summed E-state index contributed by atoms with van der Waals surface area (Å²) < 4.78 is 1.76. The van der Waals surface area contributed by atoms with Crippen molar-refractivity contribution in [3.8, 4) is 0 Å². The highest BCUT2D eigenvalue weighted by Crippen LogP contribution is 2.14. The molecule has 27 heavy (non-hydrogen) atoms. The van der Waals surface area contributed by atoms with E-state index in [1.165, 1.54) is 96.3 Å². The summed E-state index contributed by atoms with van der Waals surface area (Å²) in [5.74, 6) is 0.143. The average molecular weight is 380 g/mol. The van der Waals surface area contributed by atoms with Gasteiger partial charge < -0.3 is 5.11 Å². The van der Waals surface area contributed by atoms with E-state index in [1.54, 1.807) is 10.8 Å². The molecule has 156 valence electrons. The van der Waals surface area contributed by atoms with Crippen LogP contribution in [0.15, 0.2) is 6.20 Å². The van der Waals surface area contributed by atoms with Crippen molar-refractivity contribution in [1.29, 1.82) is 0 Å². The van der Waals surface area contributed by atoms with E-state index in [2.05, 4.69) is 11.9 Å². The smallest absolute Gasteiger partial charge is 0.379 e. The molecule has 1 rings (SSSR count). The van der Waals surface area contributed by atoms with Crippen molar-refractivity contribution in [1.82, 2.24) is 4.98 Å². The number of nitrogens with one attached hydrogen (secondary N) is 1. The molecule has 0 unspecified atom stereocenters. The first kappa shape index (κ1) is 23.7. The lowest BCUT2D eigenvalue weighted by Crippen LogP contribution is -2.37. The maximum absolute atomic E-state index is 11.0. The van der Waals surface area contributed by atoms with E-state index in [1.807, 2.05) is 7.05 Å². The van der Waals surface area contributed by atoms with Gasteiger partial charge in [-0.1, -0.05) is 103 Å². The van der Waals surface area contributed by atoms with Crippen molar-refractivity contribution in [3.05, 3.63) is 17.7 Å². The van der Waals surface area contributed by atoms with Crippen LogP contribution in [0.1, 0.15) is 126 Å². The van der Waals surface area contributed by atoms with Crippen LogP contribution in [0, 0.1) is 0 Å². The molecule has 0 aliphatic heterocycles. The lowest BCUT2D eigenvalue weighted by atomic mass is 10.0. The van der Waals surface area contributed by atoms with Gasteiger partial charge in [0.05, 0.1) is 7.05 Å². The predicted octanol–water partition coefficient (Wildman–Crippen LogP) is 6.34. The summed E-state index contributed by atoms with van der Waals surface area (Å²) in [6, 6.07) is 0. The lowest BCUT2D eigenvalue weighted by Gasteiger charge is -2.03. The van der Waals surface area contributed by atoms with Gasteiger partial charge in [0.15, 0.2) is 0 Å². The standard InChI is InChI=1S/C23H42N2O2/c1-3-4-5-6-7-8-9-10-11-12-13-14-15-16-17-18-19-22-24-20-21(23(26)27)25(22)2/h20H,3-19H2,1-2H3,(H,26,27)/p+1. The van der Waals surface area contributed by atoms with Gasteiger partial charge in [-0.25, -0.2) is 14.3 Å². The fraction of sp³-hybridized carbons (Fsp3) is 0.826. The largest absolute Gasteiger partial charge is 0.475 e. The summed E-state index contributed by atoms with van der Waals surface area (Å²) in [6.07, 6.45) is 24.5. The Morgan fingerprint density at radius 1 is 0.815 bits per heavy atom. The quantitative estimate of drug-likeness (QED) is 0.231. The van der Waals surface area contributed by atoms with Crippen LogP contribution in [0.5, 0.6) is 0 Å². The number of aromatic amines is 1. The van der Waals surface area contributed by atoms with Gasteiger partial charge in [-0.05, 0) is 6.42 Å². The van der Waals surface area contributed by atoms with Gasteiger partial charge in [-0.15, -0.1) is 0 Å². The maximum Gasteiger partial charge on any atom is 0.379 e. The molecular weight excluding hydrogens is 336 g/mol. The molecule has 0 aliphatic carbocycles.